The van der Waals surface area contributed by atoms with Crippen LogP contribution in [0.1, 0.15) is 33.6 Å². The first-order chi connectivity index (χ1) is 8.97. The van der Waals surface area contributed by atoms with Gasteiger partial charge in [0.05, 0.1) is 0 Å². The third-order valence-electron chi connectivity index (χ3n) is 3.45. The lowest BCUT2D eigenvalue weighted by Crippen LogP contribution is -2.35. The van der Waals surface area contributed by atoms with Gasteiger partial charge in [-0.3, -0.25) is 0 Å². The van der Waals surface area contributed by atoms with Crippen LogP contribution in [-0.2, 0) is 10.0 Å². The summed E-state index contributed by atoms with van der Waals surface area (Å²) in [6.07, 6.45) is 1.90. The van der Waals surface area contributed by atoms with Crippen LogP contribution in [0, 0.1) is 5.92 Å². The average Bonchev–Trinajstić information content (AvgIpc) is 2.40. The van der Waals surface area contributed by atoms with E-state index in [2.05, 4.69) is 13.8 Å². The predicted octanol–water partition coefficient (Wildman–Crippen LogP) is 2.84. The molecule has 0 spiro atoms. The first-order valence-electron chi connectivity index (χ1n) is 6.75. The van der Waals surface area contributed by atoms with E-state index in [-0.39, 0.29) is 10.6 Å². The molecule has 0 saturated carbocycles. The Morgan fingerprint density at radius 2 is 1.74 bits per heavy atom. The van der Waals surface area contributed by atoms with Gasteiger partial charge in [-0.1, -0.05) is 45.7 Å². The second-order valence-corrected chi connectivity index (χ2v) is 6.51. The molecule has 0 aliphatic heterocycles. The largest absolute Gasteiger partial charge is 0.507 e. The maximum Gasteiger partial charge on any atom is 0.246 e. The highest BCUT2D eigenvalue weighted by Gasteiger charge is 2.27. The highest BCUT2D eigenvalue weighted by atomic mass is 32.2. The summed E-state index contributed by atoms with van der Waals surface area (Å²) in [5, 5.41) is 9.73. The van der Waals surface area contributed by atoms with Crippen LogP contribution in [0.4, 0.5) is 0 Å². The van der Waals surface area contributed by atoms with Gasteiger partial charge < -0.3 is 5.11 Å². The highest BCUT2D eigenvalue weighted by molar-refractivity contribution is 7.89. The van der Waals surface area contributed by atoms with Crippen molar-refractivity contribution in [3.8, 4) is 5.75 Å². The standard InChI is InChI=1S/C14H23NO3S/c1-4-12(5-2)11-15(6-3)19(17,18)14-10-8-7-9-13(14)16/h7-10,12,16H,4-6,11H2,1-3H3. The van der Waals surface area contributed by atoms with Gasteiger partial charge in [-0.2, -0.15) is 4.31 Å². The van der Waals surface area contributed by atoms with Gasteiger partial charge in [-0.25, -0.2) is 8.42 Å². The van der Waals surface area contributed by atoms with Crippen LogP contribution < -0.4 is 0 Å². The average molecular weight is 285 g/mol. The van der Waals surface area contributed by atoms with Crippen molar-refractivity contribution in [2.75, 3.05) is 13.1 Å². The van der Waals surface area contributed by atoms with E-state index in [1.807, 2.05) is 6.92 Å². The number of aromatic hydroxyl groups is 1. The zero-order valence-corrected chi connectivity index (χ0v) is 12.7. The first-order valence-corrected chi connectivity index (χ1v) is 8.19. The van der Waals surface area contributed by atoms with E-state index in [1.54, 1.807) is 12.1 Å². The molecule has 0 fully saturated rings. The summed E-state index contributed by atoms with van der Waals surface area (Å²) in [5.74, 6) is 0.158. The topological polar surface area (TPSA) is 57.6 Å². The lowest BCUT2D eigenvalue weighted by molar-refractivity contribution is 0.337. The van der Waals surface area contributed by atoms with E-state index >= 15 is 0 Å². The molecule has 1 N–H and O–H groups in total. The molecule has 1 rings (SSSR count). The van der Waals surface area contributed by atoms with Crippen molar-refractivity contribution in [2.45, 2.75) is 38.5 Å². The predicted molar refractivity (Wildman–Crippen MR) is 76.6 cm³/mol. The molecule has 0 aliphatic carbocycles. The van der Waals surface area contributed by atoms with E-state index in [9.17, 15) is 13.5 Å². The molecule has 0 unspecified atom stereocenters. The fraction of sp³-hybridized carbons (Fsp3) is 0.571. The van der Waals surface area contributed by atoms with Crippen LogP contribution in [-0.4, -0.2) is 30.9 Å². The quantitative estimate of drug-likeness (QED) is 0.838. The van der Waals surface area contributed by atoms with Crippen molar-refractivity contribution >= 4 is 10.0 Å². The van der Waals surface area contributed by atoms with Gasteiger partial charge in [-0.15, -0.1) is 0 Å². The Morgan fingerprint density at radius 3 is 2.21 bits per heavy atom. The molecule has 0 heterocycles. The summed E-state index contributed by atoms with van der Waals surface area (Å²) in [6.45, 7) is 6.86. The molecule has 19 heavy (non-hydrogen) atoms. The molecule has 0 saturated heterocycles. The first kappa shape index (κ1) is 16.0. The van der Waals surface area contributed by atoms with Gasteiger partial charge in [-0.05, 0) is 18.1 Å². The lowest BCUT2D eigenvalue weighted by atomic mass is 10.0. The van der Waals surface area contributed by atoms with Gasteiger partial charge in [0.1, 0.15) is 10.6 Å². The monoisotopic (exact) mass is 285 g/mol. The zero-order chi connectivity index (χ0) is 14.5. The summed E-state index contributed by atoms with van der Waals surface area (Å²) in [4.78, 5) is -0.0113. The molecule has 0 bridgehead atoms. The maximum atomic E-state index is 12.5. The number of hydrogen-bond acceptors (Lipinski definition) is 3. The van der Waals surface area contributed by atoms with Crippen molar-refractivity contribution in [1.29, 1.82) is 0 Å². The molecule has 4 nitrogen and oxygen atoms in total. The number of nitrogens with zero attached hydrogens (tertiary/aromatic N) is 1. The minimum absolute atomic E-state index is 0.0113. The molecule has 1 aromatic carbocycles. The number of rotatable bonds is 7. The van der Waals surface area contributed by atoms with Crippen LogP contribution >= 0.6 is 0 Å². The Bertz CT molecular complexity index is 495. The van der Waals surface area contributed by atoms with Crippen LogP contribution in [0.2, 0.25) is 0 Å². The molecule has 0 atom stereocenters. The molecular weight excluding hydrogens is 262 g/mol. The van der Waals surface area contributed by atoms with Crippen LogP contribution in [0.5, 0.6) is 5.75 Å². The molecule has 0 aliphatic rings. The van der Waals surface area contributed by atoms with Crippen molar-refractivity contribution in [3.63, 3.8) is 0 Å². The van der Waals surface area contributed by atoms with Gasteiger partial charge in [0, 0.05) is 13.1 Å². The summed E-state index contributed by atoms with van der Waals surface area (Å²) < 4.78 is 26.5. The number of sulfonamides is 1. The van der Waals surface area contributed by atoms with Crippen LogP contribution in [0.25, 0.3) is 0 Å². The molecule has 5 heteroatoms. The Labute approximate surface area is 116 Å². The van der Waals surface area contributed by atoms with Crippen molar-refractivity contribution in [3.05, 3.63) is 24.3 Å². The maximum absolute atomic E-state index is 12.5. The molecular formula is C14H23NO3S. The SMILES string of the molecule is CCC(CC)CN(CC)S(=O)(=O)c1ccccc1O. The number of phenols is 1. The summed E-state index contributed by atoms with van der Waals surface area (Å²) >= 11 is 0. The van der Waals surface area contributed by atoms with E-state index in [1.165, 1.54) is 16.4 Å². The van der Waals surface area contributed by atoms with Crippen molar-refractivity contribution in [1.82, 2.24) is 4.31 Å². The summed E-state index contributed by atoms with van der Waals surface area (Å²) in [7, 11) is -3.61. The third-order valence-corrected chi connectivity index (χ3v) is 5.44. The number of phenolic OH excluding ortho intramolecular Hbond substituents is 1. The molecule has 0 radical (unpaired) electrons. The smallest absolute Gasteiger partial charge is 0.246 e. The Balaban J connectivity index is 3.06. The molecule has 0 amide bonds. The number of benzene rings is 1. The van der Waals surface area contributed by atoms with Gasteiger partial charge >= 0.3 is 0 Å². The molecule has 0 aromatic heterocycles. The summed E-state index contributed by atoms with van der Waals surface area (Å²) in [5.41, 5.74) is 0. The van der Waals surface area contributed by atoms with Crippen molar-refractivity contribution in [2.24, 2.45) is 5.92 Å². The van der Waals surface area contributed by atoms with Gasteiger partial charge in [0.25, 0.3) is 0 Å². The fourth-order valence-electron chi connectivity index (χ4n) is 2.05. The zero-order valence-electron chi connectivity index (χ0n) is 11.8. The van der Waals surface area contributed by atoms with Gasteiger partial charge in [0.2, 0.25) is 10.0 Å². The minimum atomic E-state index is -3.61. The molecule has 1 aromatic rings. The molecule has 108 valence electrons. The fourth-order valence-corrected chi connectivity index (χ4v) is 3.65. The van der Waals surface area contributed by atoms with E-state index in [0.29, 0.717) is 19.0 Å². The minimum Gasteiger partial charge on any atom is -0.507 e. The number of hydrogen-bond donors (Lipinski definition) is 1. The second-order valence-electron chi connectivity index (χ2n) is 4.61. The Morgan fingerprint density at radius 1 is 1.16 bits per heavy atom. The van der Waals surface area contributed by atoms with Crippen molar-refractivity contribution < 1.29 is 13.5 Å². The van der Waals surface area contributed by atoms with E-state index in [4.69, 9.17) is 0 Å². The second kappa shape index (κ2) is 6.91. The number of para-hydroxylation sites is 1. The normalized spacial score (nSPS) is 12.3. The Kier molecular flexibility index (Phi) is 5.82. The van der Waals surface area contributed by atoms with Gasteiger partial charge in [0.15, 0.2) is 0 Å². The summed E-state index contributed by atoms with van der Waals surface area (Å²) in [6, 6.07) is 6.08. The third kappa shape index (κ3) is 3.70. The highest BCUT2D eigenvalue weighted by Crippen LogP contribution is 2.26. The lowest BCUT2D eigenvalue weighted by Gasteiger charge is -2.25. The van der Waals surface area contributed by atoms with E-state index < -0.39 is 10.0 Å². The van der Waals surface area contributed by atoms with E-state index in [0.717, 1.165) is 12.8 Å². The Hall–Kier alpha value is -1.07. The van der Waals surface area contributed by atoms with Crippen LogP contribution in [0.15, 0.2) is 29.2 Å². The van der Waals surface area contributed by atoms with Crippen LogP contribution in [0.3, 0.4) is 0 Å².